The molecule has 4 N–H and O–H groups in total. The van der Waals surface area contributed by atoms with Crippen LogP contribution in [0.2, 0.25) is 0 Å². The van der Waals surface area contributed by atoms with Gasteiger partial charge in [-0.25, -0.2) is 4.79 Å². The maximum atomic E-state index is 13.6. The normalized spacial score (nSPS) is 16.1. The van der Waals surface area contributed by atoms with Gasteiger partial charge in [0.2, 0.25) is 5.95 Å². The number of nitrogens with two attached hydrogens (primary N) is 2. The fourth-order valence-corrected chi connectivity index (χ4v) is 4.36. The van der Waals surface area contributed by atoms with Crippen LogP contribution in [-0.4, -0.2) is 43.6 Å². The summed E-state index contributed by atoms with van der Waals surface area (Å²) < 4.78 is 4.11. The van der Waals surface area contributed by atoms with Crippen LogP contribution in [0.1, 0.15) is 37.0 Å². The van der Waals surface area contributed by atoms with E-state index in [0.29, 0.717) is 24.7 Å². The second-order valence-electron chi connectivity index (χ2n) is 9.07. The van der Waals surface area contributed by atoms with E-state index < -0.39 is 23.6 Å². The predicted octanol–water partition coefficient (Wildman–Crippen LogP) is 1.26. The predicted molar refractivity (Wildman–Crippen MR) is 133 cm³/mol. The maximum Gasteiger partial charge on any atom is 0.332 e. The first-order valence-electron chi connectivity index (χ1n) is 11.4. The van der Waals surface area contributed by atoms with Gasteiger partial charge in [-0.3, -0.25) is 18.7 Å². The molecule has 0 aliphatic carbocycles. The fraction of sp³-hybridized carbons (Fsp3) is 0.417. The van der Waals surface area contributed by atoms with Crippen molar-refractivity contribution in [3.8, 4) is 0 Å². The van der Waals surface area contributed by atoms with E-state index in [1.54, 1.807) is 31.3 Å². The Balaban J connectivity index is 1.89. The molecule has 180 valence electrons. The molecule has 3 heterocycles. The van der Waals surface area contributed by atoms with Crippen LogP contribution in [-0.2, 0) is 20.1 Å². The van der Waals surface area contributed by atoms with Gasteiger partial charge in [-0.05, 0) is 38.8 Å². The van der Waals surface area contributed by atoms with Crippen LogP contribution in [0.25, 0.3) is 11.2 Å². The summed E-state index contributed by atoms with van der Waals surface area (Å²) in [4.78, 5) is 46.4. The Morgan fingerprint density at radius 3 is 2.62 bits per heavy atom. The average molecular weight is 466 g/mol. The summed E-state index contributed by atoms with van der Waals surface area (Å²) in [6.45, 7) is 5.34. The van der Waals surface area contributed by atoms with Crippen LogP contribution in [0.3, 0.4) is 0 Å². The van der Waals surface area contributed by atoms with Gasteiger partial charge in [-0.15, -0.1) is 0 Å². The minimum Gasteiger partial charge on any atom is -0.398 e. The molecule has 1 atom stereocenters. The molecule has 0 spiro atoms. The number of fused-ring (bicyclic) bond motifs is 1. The minimum atomic E-state index is -0.603. The van der Waals surface area contributed by atoms with Gasteiger partial charge in [-0.2, -0.15) is 4.98 Å². The monoisotopic (exact) mass is 465 g/mol. The molecular weight excluding hydrogens is 434 g/mol. The van der Waals surface area contributed by atoms with E-state index in [-0.39, 0.29) is 22.8 Å². The lowest BCUT2D eigenvalue weighted by atomic mass is 10.1. The molecule has 34 heavy (non-hydrogen) atoms. The number of para-hydroxylation sites is 1. The van der Waals surface area contributed by atoms with Crippen LogP contribution >= 0.6 is 0 Å². The summed E-state index contributed by atoms with van der Waals surface area (Å²) in [6, 6.07) is 6.63. The van der Waals surface area contributed by atoms with Gasteiger partial charge in [-0.1, -0.05) is 23.8 Å². The van der Waals surface area contributed by atoms with Gasteiger partial charge in [0.1, 0.15) is 0 Å². The molecule has 1 fully saturated rings. The zero-order valence-electron chi connectivity index (χ0n) is 19.8. The summed E-state index contributed by atoms with van der Waals surface area (Å²) >= 11 is 0. The summed E-state index contributed by atoms with van der Waals surface area (Å²) in [6.07, 6.45) is 3.85. The Morgan fingerprint density at radius 2 is 1.94 bits per heavy atom. The number of nitrogens with zero attached hydrogens (tertiary/aromatic N) is 5. The highest BCUT2D eigenvalue weighted by atomic mass is 16.2. The summed E-state index contributed by atoms with van der Waals surface area (Å²) in [7, 11) is 1.56. The third kappa shape index (κ3) is 4.28. The van der Waals surface area contributed by atoms with Crippen molar-refractivity contribution in [2.75, 3.05) is 23.7 Å². The number of Topliss-reactive ketones (excluding diaryl/α,β-unsaturated/α-hetero) is 1. The van der Waals surface area contributed by atoms with Crippen LogP contribution in [0.5, 0.6) is 0 Å². The molecule has 10 heteroatoms. The van der Waals surface area contributed by atoms with E-state index in [1.807, 2.05) is 24.5 Å². The van der Waals surface area contributed by atoms with Crippen molar-refractivity contribution in [3.63, 3.8) is 0 Å². The number of allylic oxidation sites excluding steroid dienone is 2. The second kappa shape index (κ2) is 9.30. The number of imidazole rings is 1. The molecule has 1 aliphatic rings. The molecule has 1 unspecified atom stereocenters. The van der Waals surface area contributed by atoms with E-state index in [0.717, 1.165) is 29.5 Å². The Hall–Kier alpha value is -3.66. The minimum absolute atomic E-state index is 0.0138. The zero-order valence-corrected chi connectivity index (χ0v) is 19.8. The van der Waals surface area contributed by atoms with Crippen molar-refractivity contribution in [1.29, 1.82) is 0 Å². The van der Waals surface area contributed by atoms with Gasteiger partial charge in [0, 0.05) is 44.0 Å². The highest BCUT2D eigenvalue weighted by molar-refractivity contribution is 6.00. The van der Waals surface area contributed by atoms with Gasteiger partial charge in [0.15, 0.2) is 16.9 Å². The number of piperidine rings is 1. The number of hydrogen-bond donors (Lipinski definition) is 2. The quantitative estimate of drug-likeness (QED) is 0.318. The number of aryl methyl sites for hydroxylation is 1. The highest BCUT2D eigenvalue weighted by Gasteiger charge is 2.26. The lowest BCUT2D eigenvalue weighted by Gasteiger charge is -2.31. The van der Waals surface area contributed by atoms with Crippen molar-refractivity contribution >= 4 is 28.6 Å². The molecule has 1 aromatic carbocycles. The van der Waals surface area contributed by atoms with Crippen LogP contribution in [0.4, 0.5) is 11.6 Å². The van der Waals surface area contributed by atoms with E-state index in [4.69, 9.17) is 16.5 Å². The van der Waals surface area contributed by atoms with Crippen molar-refractivity contribution in [2.45, 2.75) is 45.8 Å². The Kier molecular flexibility index (Phi) is 6.43. The number of benzene rings is 1. The van der Waals surface area contributed by atoms with E-state index in [1.165, 1.54) is 4.57 Å². The number of hydrogen-bond acceptors (Lipinski definition) is 7. The zero-order chi connectivity index (χ0) is 24.6. The largest absolute Gasteiger partial charge is 0.398 e. The first kappa shape index (κ1) is 23.5. The molecule has 0 bridgehead atoms. The van der Waals surface area contributed by atoms with Gasteiger partial charge in [0.25, 0.3) is 5.56 Å². The van der Waals surface area contributed by atoms with Crippen LogP contribution in [0, 0.1) is 0 Å². The van der Waals surface area contributed by atoms with Crippen LogP contribution in [0.15, 0.2) is 45.5 Å². The molecule has 2 aromatic heterocycles. The van der Waals surface area contributed by atoms with Gasteiger partial charge in [0.05, 0.1) is 6.54 Å². The van der Waals surface area contributed by atoms with Crippen molar-refractivity contribution in [1.82, 2.24) is 18.7 Å². The van der Waals surface area contributed by atoms with Gasteiger partial charge < -0.3 is 20.9 Å². The van der Waals surface area contributed by atoms with E-state index in [9.17, 15) is 14.4 Å². The first-order chi connectivity index (χ1) is 16.2. The third-order valence-corrected chi connectivity index (χ3v) is 6.20. The number of rotatable bonds is 6. The first-order valence-corrected chi connectivity index (χ1v) is 11.4. The molecule has 0 amide bonds. The number of ketones is 1. The van der Waals surface area contributed by atoms with Crippen molar-refractivity contribution in [2.24, 2.45) is 12.8 Å². The number of aromatic nitrogens is 4. The Morgan fingerprint density at radius 1 is 1.21 bits per heavy atom. The molecule has 0 radical (unpaired) electrons. The standard InChI is InChI=1S/C24H31N7O3/c1-15(2)10-12-30-20-21(27-23(30)29-11-6-7-16(25)13-29)28(3)24(34)31(22(20)33)14-19(32)17-8-4-5-9-18(17)26/h4-5,8-10,16H,6-7,11-14,25-26H2,1-3H3. The number of carbonyl (C=O) groups excluding carboxylic acids is 1. The molecule has 10 nitrogen and oxygen atoms in total. The number of nitrogen functional groups attached to an aromatic ring is 1. The Labute approximate surface area is 197 Å². The third-order valence-electron chi connectivity index (χ3n) is 6.20. The fourth-order valence-electron chi connectivity index (χ4n) is 4.36. The molecule has 1 aliphatic heterocycles. The summed E-state index contributed by atoms with van der Waals surface area (Å²) in [5.41, 5.74) is 13.2. The van der Waals surface area contributed by atoms with Gasteiger partial charge >= 0.3 is 5.69 Å². The Bertz CT molecular complexity index is 1390. The second-order valence-corrected chi connectivity index (χ2v) is 9.07. The molecule has 3 aromatic rings. The lowest BCUT2D eigenvalue weighted by Crippen LogP contribution is -2.44. The van der Waals surface area contributed by atoms with Crippen LogP contribution < -0.4 is 27.6 Å². The molecule has 1 saturated heterocycles. The summed E-state index contributed by atoms with van der Waals surface area (Å²) in [5, 5.41) is 0. The van der Waals surface area contributed by atoms with Crippen molar-refractivity contribution < 1.29 is 4.79 Å². The van der Waals surface area contributed by atoms with E-state index >= 15 is 0 Å². The summed E-state index contributed by atoms with van der Waals surface area (Å²) in [5.74, 6) is 0.195. The highest BCUT2D eigenvalue weighted by Crippen LogP contribution is 2.23. The lowest BCUT2D eigenvalue weighted by molar-refractivity contribution is 0.0969. The SMILES string of the molecule is CC(C)=CCn1c(N2CCCC(N)C2)nc2c1c(=O)n(CC(=O)c1ccccc1N)c(=O)n2C. The molecular formula is C24H31N7O3. The molecule has 0 saturated carbocycles. The number of anilines is 2. The number of carbonyl (C=O) groups is 1. The molecule has 4 rings (SSSR count). The average Bonchev–Trinajstić information content (AvgIpc) is 3.19. The smallest absolute Gasteiger partial charge is 0.332 e. The van der Waals surface area contributed by atoms with Crippen molar-refractivity contribution in [3.05, 3.63) is 62.3 Å². The maximum absolute atomic E-state index is 13.6. The van der Waals surface area contributed by atoms with E-state index in [2.05, 4.69) is 4.90 Å². The topological polar surface area (TPSA) is 134 Å².